The second kappa shape index (κ2) is 8.52. The molecule has 1 aliphatic rings. The van der Waals surface area contributed by atoms with Gasteiger partial charge in [0.05, 0.1) is 14.2 Å². The van der Waals surface area contributed by atoms with E-state index in [-0.39, 0.29) is 5.91 Å². The number of ether oxygens (including phenoxy) is 4. The van der Waals surface area contributed by atoms with Gasteiger partial charge < -0.3 is 23.8 Å². The molecule has 1 amide bonds. The number of nitrogens with zero attached hydrogens (tertiary/aromatic N) is 1. The molecule has 3 rings (SSSR count). The second-order valence-corrected chi connectivity index (χ2v) is 6.79. The molecule has 0 unspecified atom stereocenters. The standard InChI is InChI=1S/C20H22BrNO5/c1-4-22(12-13-5-6-15-16(9-13)27-8-7-26-15)20(23)14-10-17(24-2)19(21)18(11-14)25-3/h5-6,9-11H,4,7-8,12H2,1-3H3. The molecule has 0 fully saturated rings. The van der Waals surface area contributed by atoms with E-state index in [1.54, 1.807) is 31.3 Å². The number of methoxy groups -OCH3 is 2. The van der Waals surface area contributed by atoms with Crippen molar-refractivity contribution in [1.82, 2.24) is 4.90 Å². The summed E-state index contributed by atoms with van der Waals surface area (Å²) >= 11 is 3.43. The number of amides is 1. The fourth-order valence-electron chi connectivity index (χ4n) is 2.91. The average Bonchev–Trinajstić information content (AvgIpc) is 2.71. The first-order chi connectivity index (χ1) is 13.1. The van der Waals surface area contributed by atoms with Crippen LogP contribution < -0.4 is 18.9 Å². The fourth-order valence-corrected chi connectivity index (χ4v) is 3.46. The Kier molecular flexibility index (Phi) is 6.11. The third-order valence-corrected chi connectivity index (χ3v) is 5.12. The normalized spacial score (nSPS) is 12.4. The van der Waals surface area contributed by atoms with E-state index in [0.717, 1.165) is 11.3 Å². The maximum atomic E-state index is 13.1. The zero-order chi connectivity index (χ0) is 19.4. The van der Waals surface area contributed by atoms with Gasteiger partial charge in [-0.2, -0.15) is 0 Å². The van der Waals surface area contributed by atoms with Gasteiger partial charge in [0.25, 0.3) is 5.91 Å². The zero-order valence-electron chi connectivity index (χ0n) is 15.6. The van der Waals surface area contributed by atoms with Gasteiger partial charge in [0.15, 0.2) is 11.5 Å². The molecular formula is C20H22BrNO5. The van der Waals surface area contributed by atoms with Gasteiger partial charge in [-0.1, -0.05) is 6.07 Å². The SMILES string of the molecule is CCN(Cc1ccc2c(c1)OCCO2)C(=O)c1cc(OC)c(Br)c(OC)c1. The largest absolute Gasteiger partial charge is 0.495 e. The predicted molar refractivity (Wildman–Crippen MR) is 105 cm³/mol. The highest BCUT2D eigenvalue weighted by Gasteiger charge is 2.20. The first kappa shape index (κ1) is 19.4. The van der Waals surface area contributed by atoms with Crippen LogP contribution >= 0.6 is 15.9 Å². The number of fused-ring (bicyclic) bond motifs is 1. The van der Waals surface area contributed by atoms with Gasteiger partial charge in [0.1, 0.15) is 29.2 Å². The zero-order valence-corrected chi connectivity index (χ0v) is 17.2. The molecule has 0 saturated carbocycles. The first-order valence-corrected chi connectivity index (χ1v) is 9.46. The fraction of sp³-hybridized carbons (Fsp3) is 0.350. The van der Waals surface area contributed by atoms with E-state index in [2.05, 4.69) is 15.9 Å². The molecule has 1 aliphatic heterocycles. The molecule has 0 aromatic heterocycles. The summed E-state index contributed by atoms with van der Waals surface area (Å²) in [5.74, 6) is 2.45. The number of carbonyl (C=O) groups is 1. The van der Waals surface area contributed by atoms with Crippen LogP contribution in [0.5, 0.6) is 23.0 Å². The molecule has 0 atom stereocenters. The van der Waals surface area contributed by atoms with Crippen molar-refractivity contribution in [2.75, 3.05) is 34.0 Å². The highest BCUT2D eigenvalue weighted by Crippen LogP contribution is 2.36. The van der Waals surface area contributed by atoms with E-state index in [1.807, 2.05) is 25.1 Å². The Hall–Kier alpha value is -2.41. The van der Waals surface area contributed by atoms with Crippen molar-refractivity contribution in [3.63, 3.8) is 0 Å². The Labute approximate surface area is 167 Å². The summed E-state index contributed by atoms with van der Waals surface area (Å²) in [6, 6.07) is 9.18. The number of hydrogen-bond donors (Lipinski definition) is 0. The Bertz CT molecular complexity index is 814. The van der Waals surface area contributed by atoms with E-state index >= 15 is 0 Å². The average molecular weight is 436 g/mol. The molecule has 2 aromatic rings. The monoisotopic (exact) mass is 435 g/mol. The molecular weight excluding hydrogens is 414 g/mol. The molecule has 27 heavy (non-hydrogen) atoms. The highest BCUT2D eigenvalue weighted by molar-refractivity contribution is 9.10. The van der Waals surface area contributed by atoms with E-state index in [4.69, 9.17) is 18.9 Å². The molecule has 0 radical (unpaired) electrons. The van der Waals surface area contributed by atoms with Gasteiger partial charge in [-0.05, 0) is 52.7 Å². The van der Waals surface area contributed by atoms with Crippen LogP contribution in [0.15, 0.2) is 34.8 Å². The number of halogens is 1. The molecule has 144 valence electrons. The molecule has 6 nitrogen and oxygen atoms in total. The topological polar surface area (TPSA) is 57.2 Å². The van der Waals surface area contributed by atoms with Gasteiger partial charge in [-0.25, -0.2) is 0 Å². The van der Waals surface area contributed by atoms with Crippen LogP contribution in [0.1, 0.15) is 22.8 Å². The Morgan fingerprint density at radius 3 is 2.30 bits per heavy atom. The number of carbonyl (C=O) groups excluding carboxylic acids is 1. The summed E-state index contributed by atoms with van der Waals surface area (Å²) in [5.41, 5.74) is 1.48. The lowest BCUT2D eigenvalue weighted by Gasteiger charge is -2.23. The minimum absolute atomic E-state index is 0.100. The molecule has 0 saturated heterocycles. The Balaban J connectivity index is 1.84. The molecule has 1 heterocycles. The smallest absolute Gasteiger partial charge is 0.254 e. The lowest BCUT2D eigenvalue weighted by atomic mass is 10.1. The predicted octanol–water partition coefficient (Wildman–Crippen LogP) is 3.90. The van der Waals surface area contributed by atoms with Gasteiger partial charge in [-0.3, -0.25) is 4.79 Å². The van der Waals surface area contributed by atoms with Gasteiger partial charge in [-0.15, -0.1) is 0 Å². The van der Waals surface area contributed by atoms with Crippen molar-refractivity contribution >= 4 is 21.8 Å². The first-order valence-electron chi connectivity index (χ1n) is 8.66. The van der Waals surface area contributed by atoms with Crippen molar-refractivity contribution in [1.29, 1.82) is 0 Å². The van der Waals surface area contributed by atoms with E-state index < -0.39 is 0 Å². The van der Waals surface area contributed by atoms with Crippen LogP contribution in [0.3, 0.4) is 0 Å². The van der Waals surface area contributed by atoms with Crippen molar-refractivity contribution in [2.45, 2.75) is 13.5 Å². The van der Waals surface area contributed by atoms with Gasteiger partial charge in [0.2, 0.25) is 0 Å². The van der Waals surface area contributed by atoms with Crippen LogP contribution in [0, 0.1) is 0 Å². The highest BCUT2D eigenvalue weighted by atomic mass is 79.9. The number of hydrogen-bond acceptors (Lipinski definition) is 5. The molecule has 2 aromatic carbocycles. The van der Waals surface area contributed by atoms with Crippen LogP contribution in [-0.2, 0) is 6.54 Å². The molecule has 0 bridgehead atoms. The maximum absolute atomic E-state index is 13.1. The van der Waals surface area contributed by atoms with E-state index in [1.165, 1.54) is 0 Å². The quantitative estimate of drug-likeness (QED) is 0.688. The van der Waals surface area contributed by atoms with Crippen molar-refractivity contribution in [2.24, 2.45) is 0 Å². The van der Waals surface area contributed by atoms with E-state index in [0.29, 0.717) is 53.6 Å². The van der Waals surface area contributed by atoms with Crippen LogP contribution in [-0.4, -0.2) is 44.8 Å². The number of rotatable bonds is 6. The Morgan fingerprint density at radius 1 is 1.07 bits per heavy atom. The van der Waals surface area contributed by atoms with Crippen LogP contribution in [0.4, 0.5) is 0 Å². The van der Waals surface area contributed by atoms with Crippen molar-refractivity contribution < 1.29 is 23.7 Å². The molecule has 0 aliphatic carbocycles. The summed E-state index contributed by atoms with van der Waals surface area (Å²) in [7, 11) is 3.11. The van der Waals surface area contributed by atoms with E-state index in [9.17, 15) is 4.79 Å². The summed E-state index contributed by atoms with van der Waals surface area (Å²) in [6.45, 7) is 4.06. The molecule has 0 N–H and O–H groups in total. The molecule has 0 spiro atoms. The van der Waals surface area contributed by atoms with Crippen LogP contribution in [0.25, 0.3) is 0 Å². The minimum Gasteiger partial charge on any atom is -0.495 e. The van der Waals surface area contributed by atoms with Crippen molar-refractivity contribution in [3.05, 3.63) is 45.9 Å². The third-order valence-electron chi connectivity index (χ3n) is 4.34. The minimum atomic E-state index is -0.100. The third kappa shape index (κ3) is 4.13. The van der Waals surface area contributed by atoms with Crippen molar-refractivity contribution in [3.8, 4) is 23.0 Å². The van der Waals surface area contributed by atoms with Gasteiger partial charge >= 0.3 is 0 Å². The lowest BCUT2D eigenvalue weighted by Crippen LogP contribution is -2.30. The summed E-state index contributed by atoms with van der Waals surface area (Å²) in [5, 5.41) is 0. The second-order valence-electron chi connectivity index (χ2n) is 5.99. The maximum Gasteiger partial charge on any atom is 0.254 e. The number of benzene rings is 2. The molecule has 7 heteroatoms. The lowest BCUT2D eigenvalue weighted by molar-refractivity contribution is 0.0751. The Morgan fingerprint density at radius 2 is 1.70 bits per heavy atom. The summed E-state index contributed by atoms with van der Waals surface area (Å²) < 4.78 is 22.6. The summed E-state index contributed by atoms with van der Waals surface area (Å²) in [4.78, 5) is 14.8. The summed E-state index contributed by atoms with van der Waals surface area (Å²) in [6.07, 6.45) is 0. The van der Waals surface area contributed by atoms with Gasteiger partial charge in [0, 0.05) is 18.7 Å². The van der Waals surface area contributed by atoms with Crippen LogP contribution in [0.2, 0.25) is 0 Å².